The number of benzene rings is 2. The molecule has 1 aromatic heterocycles. The number of nitrogens with one attached hydrogen (secondary N) is 1. The normalized spacial score (nSPS) is 15.4. The van der Waals surface area contributed by atoms with Crippen LogP contribution in [0.15, 0.2) is 46.1 Å². The van der Waals surface area contributed by atoms with Crippen molar-refractivity contribution in [2.24, 2.45) is 0 Å². The predicted octanol–water partition coefficient (Wildman–Crippen LogP) is 3.23. The van der Waals surface area contributed by atoms with E-state index in [1.807, 2.05) is 19.9 Å². The van der Waals surface area contributed by atoms with Crippen LogP contribution in [-0.2, 0) is 14.8 Å². The van der Waals surface area contributed by atoms with Crippen LogP contribution >= 0.6 is 11.3 Å². The molecular formula is C22H25N3O5S2. The van der Waals surface area contributed by atoms with Gasteiger partial charge in [0.25, 0.3) is 5.91 Å². The molecule has 10 heteroatoms. The highest BCUT2D eigenvalue weighted by Crippen LogP contribution is 2.26. The molecule has 0 unspecified atom stereocenters. The van der Waals surface area contributed by atoms with Gasteiger partial charge < -0.3 is 10.1 Å². The minimum atomic E-state index is -3.72. The first-order chi connectivity index (χ1) is 15.2. The molecule has 2 heterocycles. The van der Waals surface area contributed by atoms with E-state index in [9.17, 15) is 18.0 Å². The van der Waals surface area contributed by atoms with Gasteiger partial charge in [-0.2, -0.15) is 4.31 Å². The monoisotopic (exact) mass is 475 g/mol. The zero-order valence-corrected chi connectivity index (χ0v) is 19.8. The fourth-order valence-electron chi connectivity index (χ4n) is 3.75. The molecule has 0 atom stereocenters. The Labute approximate surface area is 190 Å². The van der Waals surface area contributed by atoms with E-state index in [1.54, 1.807) is 35.8 Å². The van der Waals surface area contributed by atoms with Crippen molar-refractivity contribution in [2.45, 2.75) is 31.7 Å². The Morgan fingerprint density at radius 3 is 2.53 bits per heavy atom. The molecule has 1 aliphatic heterocycles. The molecule has 0 saturated carbocycles. The summed E-state index contributed by atoms with van der Waals surface area (Å²) >= 11 is 1.13. The minimum Gasteiger partial charge on any atom is -0.379 e. The number of anilines is 1. The Hall–Kier alpha value is -2.53. The second-order valence-electron chi connectivity index (χ2n) is 7.97. The van der Waals surface area contributed by atoms with Crippen LogP contribution in [0.5, 0.6) is 0 Å². The van der Waals surface area contributed by atoms with Gasteiger partial charge in [-0.25, -0.2) is 8.42 Å². The Kier molecular flexibility index (Phi) is 6.22. The maximum atomic E-state index is 13.1. The van der Waals surface area contributed by atoms with E-state index >= 15 is 0 Å². The molecule has 0 spiro atoms. The molecular weight excluding hydrogens is 450 g/mol. The van der Waals surface area contributed by atoms with Gasteiger partial charge in [-0.15, -0.1) is 0 Å². The fourth-order valence-corrected chi connectivity index (χ4v) is 6.46. The standard InChI is InChI=1S/C22H25N3O5S2/c1-14(2)25-18-7-6-17(13-19(18)31-22(25)27)23-21(26)16-5-4-15(3)20(12-16)32(28,29)24-8-10-30-11-9-24/h4-7,12-14H,8-11H2,1-3H3,(H,23,26). The van der Waals surface area contributed by atoms with Crippen molar-refractivity contribution in [2.75, 3.05) is 31.6 Å². The van der Waals surface area contributed by atoms with E-state index in [2.05, 4.69) is 5.32 Å². The topological polar surface area (TPSA) is 97.7 Å². The average Bonchev–Trinajstić information content (AvgIpc) is 3.09. The molecule has 0 aliphatic carbocycles. The number of sulfonamides is 1. The largest absolute Gasteiger partial charge is 0.379 e. The van der Waals surface area contributed by atoms with Crippen LogP contribution in [0.1, 0.15) is 35.8 Å². The van der Waals surface area contributed by atoms with Gasteiger partial charge >= 0.3 is 4.87 Å². The number of hydrogen-bond donors (Lipinski definition) is 1. The zero-order chi connectivity index (χ0) is 23.0. The van der Waals surface area contributed by atoms with Crippen molar-refractivity contribution in [1.82, 2.24) is 8.87 Å². The number of rotatable bonds is 5. The van der Waals surface area contributed by atoms with Crippen molar-refractivity contribution in [3.63, 3.8) is 0 Å². The maximum absolute atomic E-state index is 13.1. The highest BCUT2D eigenvalue weighted by molar-refractivity contribution is 7.89. The summed E-state index contributed by atoms with van der Waals surface area (Å²) < 4.78 is 35.3. The molecule has 3 aromatic rings. The van der Waals surface area contributed by atoms with E-state index in [0.717, 1.165) is 21.6 Å². The van der Waals surface area contributed by atoms with Gasteiger partial charge in [-0.3, -0.25) is 14.2 Å². The third-order valence-electron chi connectivity index (χ3n) is 5.43. The van der Waals surface area contributed by atoms with Gasteiger partial charge in [-0.1, -0.05) is 17.4 Å². The molecule has 4 rings (SSSR count). The van der Waals surface area contributed by atoms with Crippen LogP contribution in [0.4, 0.5) is 5.69 Å². The number of fused-ring (bicyclic) bond motifs is 1. The van der Waals surface area contributed by atoms with Crippen molar-refractivity contribution in [1.29, 1.82) is 0 Å². The third kappa shape index (κ3) is 4.23. The summed E-state index contributed by atoms with van der Waals surface area (Å²) in [6, 6.07) is 10.0. The third-order valence-corrected chi connectivity index (χ3v) is 8.38. The molecule has 1 aliphatic rings. The number of aryl methyl sites for hydroxylation is 1. The fraction of sp³-hybridized carbons (Fsp3) is 0.364. The minimum absolute atomic E-state index is 0.0380. The lowest BCUT2D eigenvalue weighted by atomic mass is 10.1. The van der Waals surface area contributed by atoms with Crippen LogP contribution < -0.4 is 10.2 Å². The van der Waals surface area contributed by atoms with E-state index in [4.69, 9.17) is 4.74 Å². The smallest absolute Gasteiger partial charge is 0.308 e. The van der Waals surface area contributed by atoms with Gasteiger partial charge in [-0.05, 0) is 56.7 Å². The van der Waals surface area contributed by atoms with E-state index in [0.29, 0.717) is 24.5 Å². The summed E-state index contributed by atoms with van der Waals surface area (Å²) in [4.78, 5) is 25.2. The molecule has 1 N–H and O–H groups in total. The lowest BCUT2D eigenvalue weighted by molar-refractivity contribution is 0.0730. The number of aromatic nitrogens is 1. The van der Waals surface area contributed by atoms with Crippen LogP contribution in [-0.4, -0.2) is 49.5 Å². The summed E-state index contributed by atoms with van der Waals surface area (Å²) in [5, 5.41) is 2.81. The maximum Gasteiger partial charge on any atom is 0.308 e. The van der Waals surface area contributed by atoms with Gasteiger partial charge in [0, 0.05) is 30.4 Å². The first-order valence-electron chi connectivity index (χ1n) is 10.3. The molecule has 1 saturated heterocycles. The first-order valence-corrected chi connectivity index (χ1v) is 12.6. The number of hydrogen-bond acceptors (Lipinski definition) is 6. The predicted molar refractivity (Wildman–Crippen MR) is 125 cm³/mol. The van der Waals surface area contributed by atoms with E-state index in [-0.39, 0.29) is 34.5 Å². The second-order valence-corrected chi connectivity index (χ2v) is 10.9. The van der Waals surface area contributed by atoms with Gasteiger partial charge in [0.2, 0.25) is 10.0 Å². The summed E-state index contributed by atoms with van der Waals surface area (Å²) in [5.41, 5.74) is 2.18. The number of nitrogens with zero attached hydrogens (tertiary/aromatic N) is 2. The molecule has 170 valence electrons. The number of thiazole rings is 1. The molecule has 1 fully saturated rings. The molecule has 32 heavy (non-hydrogen) atoms. The number of carbonyl (C=O) groups is 1. The van der Waals surface area contributed by atoms with Gasteiger partial charge in [0.1, 0.15) is 0 Å². The summed E-state index contributed by atoms with van der Waals surface area (Å²) in [6.07, 6.45) is 0. The van der Waals surface area contributed by atoms with Crippen LogP contribution in [0, 0.1) is 6.92 Å². The molecule has 2 aromatic carbocycles. The number of carbonyl (C=O) groups excluding carboxylic acids is 1. The molecule has 8 nitrogen and oxygen atoms in total. The average molecular weight is 476 g/mol. The van der Waals surface area contributed by atoms with Crippen molar-refractivity contribution in [3.8, 4) is 0 Å². The number of ether oxygens (including phenoxy) is 1. The van der Waals surface area contributed by atoms with Crippen molar-refractivity contribution in [3.05, 3.63) is 57.2 Å². The highest BCUT2D eigenvalue weighted by atomic mass is 32.2. The molecule has 0 radical (unpaired) electrons. The quantitative estimate of drug-likeness (QED) is 0.611. The van der Waals surface area contributed by atoms with Crippen LogP contribution in [0.25, 0.3) is 10.2 Å². The Balaban J connectivity index is 1.61. The molecule has 1 amide bonds. The summed E-state index contributed by atoms with van der Waals surface area (Å²) in [6.45, 7) is 6.89. The summed E-state index contributed by atoms with van der Waals surface area (Å²) in [5.74, 6) is -0.418. The Morgan fingerprint density at radius 2 is 1.84 bits per heavy atom. The second kappa shape index (κ2) is 8.78. The lowest BCUT2D eigenvalue weighted by Gasteiger charge is -2.26. The first kappa shape index (κ1) is 22.7. The lowest BCUT2D eigenvalue weighted by Crippen LogP contribution is -2.40. The Bertz CT molecular complexity index is 1340. The van der Waals surface area contributed by atoms with Crippen molar-refractivity contribution >= 4 is 43.2 Å². The molecule has 0 bridgehead atoms. The van der Waals surface area contributed by atoms with E-state index < -0.39 is 15.9 Å². The van der Waals surface area contributed by atoms with Crippen LogP contribution in [0.3, 0.4) is 0 Å². The van der Waals surface area contributed by atoms with Gasteiger partial charge in [0.15, 0.2) is 0 Å². The summed E-state index contributed by atoms with van der Waals surface area (Å²) in [7, 11) is -3.72. The Morgan fingerprint density at radius 1 is 1.12 bits per heavy atom. The van der Waals surface area contributed by atoms with E-state index in [1.165, 1.54) is 10.4 Å². The SMILES string of the molecule is Cc1ccc(C(=O)Nc2ccc3c(c2)sc(=O)n3C(C)C)cc1S(=O)(=O)N1CCOCC1. The highest BCUT2D eigenvalue weighted by Gasteiger charge is 2.28. The zero-order valence-electron chi connectivity index (χ0n) is 18.1. The number of morpholine rings is 1. The van der Waals surface area contributed by atoms with Crippen molar-refractivity contribution < 1.29 is 17.9 Å². The van der Waals surface area contributed by atoms with Gasteiger partial charge in [0.05, 0.1) is 28.3 Å². The van der Waals surface area contributed by atoms with Crippen LogP contribution in [0.2, 0.25) is 0 Å². The number of amides is 1.